The van der Waals surface area contributed by atoms with Crippen LogP contribution in [0.1, 0.15) is 49.9 Å². The van der Waals surface area contributed by atoms with Crippen molar-refractivity contribution in [3.05, 3.63) is 46.1 Å². The Bertz CT molecular complexity index is 547. The summed E-state index contributed by atoms with van der Waals surface area (Å²) in [5.74, 6) is 0.563. The van der Waals surface area contributed by atoms with Crippen molar-refractivity contribution in [1.82, 2.24) is 0 Å². The van der Waals surface area contributed by atoms with E-state index in [9.17, 15) is 10.2 Å². The van der Waals surface area contributed by atoms with E-state index in [4.69, 9.17) is 0 Å². The van der Waals surface area contributed by atoms with Crippen molar-refractivity contribution in [3.63, 3.8) is 0 Å². The number of hydrogen-bond acceptors (Lipinski definition) is 2. The van der Waals surface area contributed by atoms with Crippen molar-refractivity contribution < 1.29 is 10.2 Å². The van der Waals surface area contributed by atoms with Crippen molar-refractivity contribution >= 4 is 0 Å². The average Bonchev–Trinajstić information content (AvgIpc) is 2.33. The lowest BCUT2D eigenvalue weighted by Gasteiger charge is -2.27. The highest BCUT2D eigenvalue weighted by atomic mass is 16.3. The van der Waals surface area contributed by atoms with E-state index in [1.807, 2.05) is 46.8 Å². The lowest BCUT2D eigenvalue weighted by atomic mass is 9.78. The molecule has 0 fully saturated rings. The van der Waals surface area contributed by atoms with Crippen molar-refractivity contribution in [3.8, 4) is 11.5 Å². The molecule has 0 saturated heterocycles. The van der Waals surface area contributed by atoms with E-state index >= 15 is 0 Å². The van der Waals surface area contributed by atoms with Gasteiger partial charge in [-0.15, -0.1) is 0 Å². The summed E-state index contributed by atoms with van der Waals surface area (Å²) in [6.07, 6.45) is 6.14. The summed E-state index contributed by atoms with van der Waals surface area (Å²) in [6, 6.07) is 0. The van der Waals surface area contributed by atoms with Crippen molar-refractivity contribution in [2.45, 2.75) is 53.9 Å². The van der Waals surface area contributed by atoms with Crippen molar-refractivity contribution in [2.75, 3.05) is 0 Å². The van der Waals surface area contributed by atoms with Gasteiger partial charge >= 0.3 is 0 Å². The normalized spacial score (nSPS) is 13.2. The summed E-state index contributed by atoms with van der Waals surface area (Å²) < 4.78 is 0. The largest absolute Gasteiger partial charge is 0.507 e. The molecule has 0 bridgehead atoms. The summed E-state index contributed by atoms with van der Waals surface area (Å²) in [6.45, 7) is 13.6. The van der Waals surface area contributed by atoms with Crippen LogP contribution < -0.4 is 0 Å². The molecule has 20 heavy (non-hydrogen) atoms. The zero-order valence-corrected chi connectivity index (χ0v) is 13.6. The van der Waals surface area contributed by atoms with Gasteiger partial charge in [0.05, 0.1) is 0 Å². The standard InChI is InChI=1S/C18H26O2/c1-8-9-11(2)10-18(6,7)15-14(5)16(19)12(3)13(4)17(15)20/h8-10,19-20H,1-7H3/b9-8-,11-10+. The third-order valence-electron chi connectivity index (χ3n) is 3.90. The Morgan fingerprint density at radius 2 is 1.45 bits per heavy atom. The molecule has 1 rings (SSSR count). The second kappa shape index (κ2) is 5.74. The quantitative estimate of drug-likeness (QED) is 0.612. The Balaban J connectivity index is 3.58. The van der Waals surface area contributed by atoms with Crippen LogP contribution in [-0.4, -0.2) is 10.2 Å². The third-order valence-corrected chi connectivity index (χ3v) is 3.90. The van der Waals surface area contributed by atoms with Gasteiger partial charge in [-0.05, 0) is 51.3 Å². The molecule has 110 valence electrons. The summed E-state index contributed by atoms with van der Waals surface area (Å²) in [4.78, 5) is 0. The highest BCUT2D eigenvalue weighted by Gasteiger charge is 2.27. The van der Waals surface area contributed by atoms with Gasteiger partial charge in [-0.1, -0.05) is 37.6 Å². The maximum absolute atomic E-state index is 10.5. The number of phenols is 2. The molecule has 2 N–H and O–H groups in total. The van der Waals surface area contributed by atoms with Gasteiger partial charge in [-0.3, -0.25) is 0 Å². The summed E-state index contributed by atoms with van der Waals surface area (Å²) in [5.41, 5.74) is 3.81. The van der Waals surface area contributed by atoms with Crippen LogP contribution in [0.4, 0.5) is 0 Å². The minimum atomic E-state index is -0.353. The Morgan fingerprint density at radius 1 is 0.950 bits per heavy atom. The zero-order valence-electron chi connectivity index (χ0n) is 13.6. The molecule has 1 aromatic carbocycles. The molecule has 0 radical (unpaired) electrons. The molecular formula is C18H26O2. The van der Waals surface area contributed by atoms with Crippen LogP contribution in [0.3, 0.4) is 0 Å². The van der Waals surface area contributed by atoms with E-state index < -0.39 is 0 Å². The monoisotopic (exact) mass is 274 g/mol. The molecule has 0 heterocycles. The van der Waals surface area contributed by atoms with Gasteiger partial charge in [0.15, 0.2) is 0 Å². The van der Waals surface area contributed by atoms with Crippen LogP contribution in [0, 0.1) is 20.8 Å². The zero-order chi connectivity index (χ0) is 15.7. The Labute approximate surface area is 122 Å². The Morgan fingerprint density at radius 3 is 1.95 bits per heavy atom. The number of allylic oxidation sites excluding steroid dienone is 4. The van der Waals surface area contributed by atoms with Gasteiger partial charge < -0.3 is 10.2 Å². The van der Waals surface area contributed by atoms with Gasteiger partial charge in [0.2, 0.25) is 0 Å². The van der Waals surface area contributed by atoms with E-state index in [1.165, 1.54) is 0 Å². The lowest BCUT2D eigenvalue weighted by Crippen LogP contribution is -2.17. The number of aromatic hydroxyl groups is 2. The fraction of sp³-hybridized carbons (Fsp3) is 0.444. The smallest absolute Gasteiger partial charge is 0.123 e. The van der Waals surface area contributed by atoms with Gasteiger partial charge in [-0.2, -0.15) is 0 Å². The van der Waals surface area contributed by atoms with Gasteiger partial charge in [-0.25, -0.2) is 0 Å². The molecule has 0 aliphatic rings. The van der Waals surface area contributed by atoms with E-state index in [-0.39, 0.29) is 16.9 Å². The molecule has 0 unspecified atom stereocenters. The fourth-order valence-electron chi connectivity index (χ4n) is 2.86. The van der Waals surface area contributed by atoms with Crippen molar-refractivity contribution in [1.29, 1.82) is 0 Å². The van der Waals surface area contributed by atoms with Gasteiger partial charge in [0.25, 0.3) is 0 Å². The highest BCUT2D eigenvalue weighted by molar-refractivity contribution is 5.60. The van der Waals surface area contributed by atoms with Crippen LogP contribution in [-0.2, 0) is 5.41 Å². The highest BCUT2D eigenvalue weighted by Crippen LogP contribution is 2.43. The molecule has 0 aliphatic carbocycles. The van der Waals surface area contributed by atoms with E-state index in [0.717, 1.165) is 27.8 Å². The molecular weight excluding hydrogens is 248 g/mol. The first kappa shape index (κ1) is 16.4. The fourth-order valence-corrected chi connectivity index (χ4v) is 2.86. The molecule has 0 spiro atoms. The molecule has 0 atom stereocenters. The second-order valence-electron chi connectivity index (χ2n) is 6.06. The first-order valence-corrected chi connectivity index (χ1v) is 6.97. The first-order valence-electron chi connectivity index (χ1n) is 6.97. The Kier molecular flexibility index (Phi) is 4.69. The minimum absolute atomic E-state index is 0.278. The van der Waals surface area contributed by atoms with Crippen LogP contribution >= 0.6 is 0 Å². The van der Waals surface area contributed by atoms with Crippen LogP contribution in [0.5, 0.6) is 11.5 Å². The SMILES string of the molecule is C/C=C\C(C)=C\C(C)(C)c1c(C)c(O)c(C)c(C)c1O. The Hall–Kier alpha value is -1.70. The maximum Gasteiger partial charge on any atom is 0.123 e. The molecule has 0 aliphatic heterocycles. The van der Waals surface area contributed by atoms with Crippen LogP contribution in [0.15, 0.2) is 23.8 Å². The topological polar surface area (TPSA) is 40.5 Å². The number of phenolic OH excluding ortho intramolecular Hbond substituents is 2. The molecule has 2 nitrogen and oxygen atoms in total. The lowest BCUT2D eigenvalue weighted by molar-refractivity contribution is 0.432. The predicted octanol–water partition coefficient (Wildman–Crippen LogP) is 4.82. The van der Waals surface area contributed by atoms with E-state index in [2.05, 4.69) is 19.9 Å². The molecule has 1 aromatic rings. The predicted molar refractivity (Wildman–Crippen MR) is 85.6 cm³/mol. The molecule has 0 aromatic heterocycles. The molecule has 2 heteroatoms. The number of hydrogen-bond donors (Lipinski definition) is 2. The number of rotatable bonds is 3. The summed E-state index contributed by atoms with van der Waals surface area (Å²) >= 11 is 0. The number of benzene rings is 1. The maximum atomic E-state index is 10.5. The molecule has 0 amide bonds. The van der Waals surface area contributed by atoms with E-state index in [1.54, 1.807) is 0 Å². The minimum Gasteiger partial charge on any atom is -0.507 e. The van der Waals surface area contributed by atoms with Gasteiger partial charge in [0, 0.05) is 11.0 Å². The summed E-state index contributed by atoms with van der Waals surface area (Å²) in [7, 11) is 0. The van der Waals surface area contributed by atoms with Crippen LogP contribution in [0.25, 0.3) is 0 Å². The molecule has 0 saturated carbocycles. The second-order valence-corrected chi connectivity index (χ2v) is 6.06. The van der Waals surface area contributed by atoms with Gasteiger partial charge in [0.1, 0.15) is 11.5 Å². The average molecular weight is 274 g/mol. The van der Waals surface area contributed by atoms with Crippen LogP contribution in [0.2, 0.25) is 0 Å². The summed E-state index contributed by atoms with van der Waals surface area (Å²) in [5, 5.41) is 20.8. The third kappa shape index (κ3) is 2.90. The van der Waals surface area contributed by atoms with E-state index in [0.29, 0.717) is 0 Å². The first-order chi connectivity index (χ1) is 9.13. The van der Waals surface area contributed by atoms with Crippen molar-refractivity contribution in [2.24, 2.45) is 0 Å².